The van der Waals surface area contributed by atoms with Gasteiger partial charge in [0.1, 0.15) is 0 Å². The van der Waals surface area contributed by atoms with Crippen molar-refractivity contribution in [2.45, 2.75) is 37.1 Å². The van der Waals surface area contributed by atoms with Crippen LogP contribution in [0, 0.1) is 5.92 Å². The number of nitrogens with zero attached hydrogens (tertiary/aromatic N) is 2. The van der Waals surface area contributed by atoms with E-state index in [-0.39, 0.29) is 10.7 Å². The molecule has 0 bridgehead atoms. The lowest BCUT2D eigenvalue weighted by Crippen LogP contribution is -2.33. The van der Waals surface area contributed by atoms with Gasteiger partial charge in [-0.25, -0.2) is 13.4 Å². The molecule has 106 valence electrons. The number of sulfonamides is 1. The molecule has 0 amide bonds. The zero-order valence-corrected chi connectivity index (χ0v) is 12.1. The Balaban J connectivity index is 2.13. The van der Waals surface area contributed by atoms with E-state index in [0.29, 0.717) is 12.5 Å². The second-order valence-electron chi connectivity index (χ2n) is 5.19. The number of hydrogen-bond donors (Lipinski definition) is 1. The zero-order valence-electron chi connectivity index (χ0n) is 11.2. The molecule has 6 heteroatoms. The minimum Gasteiger partial charge on any atom is -0.396 e. The Labute approximate surface area is 114 Å². The molecule has 0 saturated heterocycles. The molecule has 1 aliphatic rings. The van der Waals surface area contributed by atoms with E-state index >= 15 is 0 Å². The molecule has 1 aliphatic carbocycles. The fraction of sp³-hybridized carbons (Fsp3) is 0.615. The van der Waals surface area contributed by atoms with E-state index in [9.17, 15) is 8.42 Å². The summed E-state index contributed by atoms with van der Waals surface area (Å²) >= 11 is 0. The second kappa shape index (κ2) is 5.88. The number of aromatic nitrogens is 1. The van der Waals surface area contributed by atoms with Gasteiger partial charge >= 0.3 is 0 Å². The number of anilines is 1. The van der Waals surface area contributed by atoms with Crippen molar-refractivity contribution in [2.75, 3.05) is 19.3 Å². The topological polar surface area (TPSA) is 76.3 Å². The molecule has 0 spiro atoms. The fourth-order valence-corrected chi connectivity index (χ4v) is 3.86. The van der Waals surface area contributed by atoms with Crippen LogP contribution in [-0.4, -0.2) is 31.3 Å². The van der Waals surface area contributed by atoms with Crippen LogP contribution in [0.1, 0.15) is 32.1 Å². The number of rotatable bonds is 4. The molecule has 1 heterocycles. The summed E-state index contributed by atoms with van der Waals surface area (Å²) in [6.07, 6.45) is 7.33. The lowest BCUT2D eigenvalue weighted by molar-refractivity contribution is 0.299. The molecule has 0 atom stereocenters. The van der Waals surface area contributed by atoms with Crippen molar-refractivity contribution >= 4 is 15.7 Å². The third-order valence-corrected chi connectivity index (χ3v) is 5.49. The predicted molar refractivity (Wildman–Crippen MR) is 75.0 cm³/mol. The summed E-state index contributed by atoms with van der Waals surface area (Å²) in [5, 5.41) is -0.0340. The monoisotopic (exact) mass is 283 g/mol. The van der Waals surface area contributed by atoms with Crippen molar-refractivity contribution in [3.8, 4) is 0 Å². The summed E-state index contributed by atoms with van der Waals surface area (Å²) < 4.78 is 26.2. The summed E-state index contributed by atoms with van der Waals surface area (Å²) in [7, 11) is -1.96. The molecule has 0 unspecified atom stereocenters. The predicted octanol–water partition coefficient (Wildman–Crippen LogP) is 1.86. The third-order valence-electron chi connectivity index (χ3n) is 3.70. The molecule has 5 nitrogen and oxygen atoms in total. The lowest BCUT2D eigenvalue weighted by Gasteiger charge is -2.26. The van der Waals surface area contributed by atoms with Crippen molar-refractivity contribution in [3.05, 3.63) is 18.3 Å². The number of hydrogen-bond acceptors (Lipinski definition) is 4. The SMILES string of the molecule is CN(CC1CCCCC1)S(=O)(=O)c1ncccc1N. The zero-order chi connectivity index (χ0) is 13.9. The van der Waals surface area contributed by atoms with Gasteiger partial charge in [0.05, 0.1) is 5.69 Å². The van der Waals surface area contributed by atoms with Gasteiger partial charge < -0.3 is 5.73 Å². The molecule has 2 rings (SSSR count). The van der Waals surface area contributed by atoms with E-state index < -0.39 is 10.0 Å². The van der Waals surface area contributed by atoms with Crippen LogP contribution in [0.4, 0.5) is 5.69 Å². The first-order valence-electron chi connectivity index (χ1n) is 6.68. The van der Waals surface area contributed by atoms with Crippen LogP contribution in [0.15, 0.2) is 23.4 Å². The summed E-state index contributed by atoms with van der Waals surface area (Å²) in [6.45, 7) is 0.554. The van der Waals surface area contributed by atoms with Crippen LogP contribution in [0.25, 0.3) is 0 Å². The van der Waals surface area contributed by atoms with Crippen LogP contribution in [-0.2, 0) is 10.0 Å². The Bertz CT molecular complexity index is 524. The number of nitrogen functional groups attached to an aromatic ring is 1. The van der Waals surface area contributed by atoms with Crippen LogP contribution in [0.5, 0.6) is 0 Å². The molecule has 2 N–H and O–H groups in total. The average molecular weight is 283 g/mol. The van der Waals surface area contributed by atoms with Gasteiger partial charge in [0.2, 0.25) is 0 Å². The molecule has 0 radical (unpaired) electrons. The van der Waals surface area contributed by atoms with Gasteiger partial charge in [0, 0.05) is 19.8 Å². The first-order valence-corrected chi connectivity index (χ1v) is 8.12. The fourth-order valence-electron chi connectivity index (χ4n) is 2.60. The maximum Gasteiger partial charge on any atom is 0.262 e. The van der Waals surface area contributed by atoms with E-state index in [2.05, 4.69) is 4.98 Å². The van der Waals surface area contributed by atoms with Crippen molar-refractivity contribution in [2.24, 2.45) is 5.92 Å². The van der Waals surface area contributed by atoms with E-state index in [1.165, 1.54) is 29.8 Å². The lowest BCUT2D eigenvalue weighted by atomic mass is 9.89. The van der Waals surface area contributed by atoms with Crippen molar-refractivity contribution in [3.63, 3.8) is 0 Å². The molecule has 19 heavy (non-hydrogen) atoms. The summed E-state index contributed by atoms with van der Waals surface area (Å²) in [5.74, 6) is 0.457. The Kier molecular flexibility index (Phi) is 4.42. The molecular weight excluding hydrogens is 262 g/mol. The first-order chi connectivity index (χ1) is 9.01. The second-order valence-corrected chi connectivity index (χ2v) is 7.15. The van der Waals surface area contributed by atoms with Crippen LogP contribution >= 0.6 is 0 Å². The highest BCUT2D eigenvalue weighted by atomic mass is 32.2. The Morgan fingerprint density at radius 2 is 2.05 bits per heavy atom. The van der Waals surface area contributed by atoms with E-state index in [4.69, 9.17) is 5.73 Å². The molecular formula is C13H21N3O2S. The largest absolute Gasteiger partial charge is 0.396 e. The quantitative estimate of drug-likeness (QED) is 0.915. The maximum absolute atomic E-state index is 12.4. The van der Waals surface area contributed by atoms with Crippen LogP contribution < -0.4 is 5.73 Å². The molecule has 1 aromatic heterocycles. The number of nitrogens with two attached hydrogens (primary N) is 1. The van der Waals surface area contributed by atoms with Crippen LogP contribution in [0.3, 0.4) is 0 Å². The normalized spacial score (nSPS) is 17.8. The van der Waals surface area contributed by atoms with Gasteiger partial charge in [-0.2, -0.15) is 4.31 Å². The smallest absolute Gasteiger partial charge is 0.262 e. The Morgan fingerprint density at radius 1 is 1.37 bits per heavy atom. The van der Waals surface area contributed by atoms with Crippen molar-refractivity contribution in [1.82, 2.24) is 9.29 Å². The summed E-state index contributed by atoms with van der Waals surface area (Å²) in [5.41, 5.74) is 5.92. The minimum atomic E-state index is -3.57. The highest BCUT2D eigenvalue weighted by molar-refractivity contribution is 7.89. The highest BCUT2D eigenvalue weighted by Crippen LogP contribution is 2.26. The third kappa shape index (κ3) is 3.25. The molecule has 1 fully saturated rings. The van der Waals surface area contributed by atoms with Gasteiger partial charge in [-0.3, -0.25) is 0 Å². The van der Waals surface area contributed by atoms with Crippen molar-refractivity contribution in [1.29, 1.82) is 0 Å². The standard InChI is InChI=1S/C13H21N3O2S/c1-16(10-11-6-3-2-4-7-11)19(17,18)13-12(14)8-5-9-15-13/h5,8-9,11H,2-4,6-7,10,14H2,1H3. The van der Waals surface area contributed by atoms with Gasteiger partial charge in [-0.1, -0.05) is 19.3 Å². The van der Waals surface area contributed by atoms with Gasteiger partial charge in [0.25, 0.3) is 10.0 Å². The molecule has 0 aromatic carbocycles. The minimum absolute atomic E-state index is 0.0340. The van der Waals surface area contributed by atoms with Crippen molar-refractivity contribution < 1.29 is 8.42 Å². The summed E-state index contributed by atoms with van der Waals surface area (Å²) in [6, 6.07) is 3.20. The Hall–Kier alpha value is -1.14. The van der Waals surface area contributed by atoms with Gasteiger partial charge in [-0.05, 0) is 30.9 Å². The van der Waals surface area contributed by atoms with E-state index in [1.54, 1.807) is 19.2 Å². The maximum atomic E-state index is 12.4. The average Bonchev–Trinajstić information content (AvgIpc) is 2.40. The highest BCUT2D eigenvalue weighted by Gasteiger charge is 2.27. The van der Waals surface area contributed by atoms with Gasteiger partial charge in [0.15, 0.2) is 5.03 Å². The molecule has 1 saturated carbocycles. The summed E-state index contributed by atoms with van der Waals surface area (Å²) in [4.78, 5) is 3.91. The Morgan fingerprint density at radius 3 is 2.68 bits per heavy atom. The number of pyridine rings is 1. The molecule has 0 aliphatic heterocycles. The first kappa shape index (κ1) is 14.3. The molecule has 1 aromatic rings. The van der Waals surface area contributed by atoms with E-state index in [1.807, 2.05) is 0 Å². The van der Waals surface area contributed by atoms with E-state index in [0.717, 1.165) is 12.8 Å². The van der Waals surface area contributed by atoms with Crippen LogP contribution in [0.2, 0.25) is 0 Å². The van der Waals surface area contributed by atoms with Gasteiger partial charge in [-0.15, -0.1) is 0 Å².